The van der Waals surface area contributed by atoms with Crippen LogP contribution in [-0.4, -0.2) is 16.9 Å². The molecular weight excluding hydrogens is 240 g/mol. The summed E-state index contributed by atoms with van der Waals surface area (Å²) in [4.78, 5) is 25.9. The van der Waals surface area contributed by atoms with E-state index < -0.39 is 0 Å². The van der Waals surface area contributed by atoms with Crippen LogP contribution in [0.5, 0.6) is 0 Å². The first-order valence-electron chi connectivity index (χ1n) is 7.17. The second-order valence-corrected chi connectivity index (χ2v) is 6.06. The number of nitrogens with one attached hydrogen (secondary N) is 2. The summed E-state index contributed by atoms with van der Waals surface area (Å²) in [7, 11) is 0. The van der Waals surface area contributed by atoms with Gasteiger partial charge in [-0.25, -0.2) is 0 Å². The Morgan fingerprint density at radius 1 is 1.32 bits per heavy atom. The van der Waals surface area contributed by atoms with Crippen LogP contribution in [0.15, 0.2) is 23.1 Å². The fourth-order valence-corrected chi connectivity index (χ4v) is 3.56. The van der Waals surface area contributed by atoms with Gasteiger partial charge in [-0.15, -0.1) is 0 Å². The molecule has 3 rings (SSSR count). The number of H-pyrrole nitrogens is 1. The molecule has 2 fully saturated rings. The molecule has 19 heavy (non-hydrogen) atoms. The Kier molecular flexibility index (Phi) is 3.17. The SMILES string of the molecule is O=C(NC1CCCC2(CCC2)C1)c1cc[nH]c(=O)c1. The second-order valence-electron chi connectivity index (χ2n) is 6.06. The van der Waals surface area contributed by atoms with Crippen molar-refractivity contribution in [3.8, 4) is 0 Å². The van der Waals surface area contributed by atoms with E-state index in [-0.39, 0.29) is 17.5 Å². The van der Waals surface area contributed by atoms with Crippen LogP contribution in [-0.2, 0) is 0 Å². The minimum absolute atomic E-state index is 0.118. The molecule has 2 saturated carbocycles. The first-order valence-corrected chi connectivity index (χ1v) is 7.17. The average Bonchev–Trinajstić information content (AvgIpc) is 2.37. The van der Waals surface area contributed by atoms with E-state index in [1.807, 2.05) is 0 Å². The summed E-state index contributed by atoms with van der Waals surface area (Å²) in [6.07, 6.45) is 10.2. The molecular formula is C15H20N2O2. The smallest absolute Gasteiger partial charge is 0.251 e. The van der Waals surface area contributed by atoms with Crippen LogP contribution in [0.25, 0.3) is 0 Å². The third kappa shape index (κ3) is 2.57. The largest absolute Gasteiger partial charge is 0.349 e. The maximum Gasteiger partial charge on any atom is 0.251 e. The summed E-state index contributed by atoms with van der Waals surface area (Å²) in [5.41, 5.74) is 0.744. The van der Waals surface area contributed by atoms with Crippen molar-refractivity contribution in [2.24, 2.45) is 5.41 Å². The Balaban J connectivity index is 1.64. The first-order chi connectivity index (χ1) is 9.17. The van der Waals surface area contributed by atoms with Gasteiger partial charge < -0.3 is 10.3 Å². The molecule has 2 N–H and O–H groups in total. The van der Waals surface area contributed by atoms with Gasteiger partial charge >= 0.3 is 0 Å². The van der Waals surface area contributed by atoms with Crippen molar-refractivity contribution in [3.05, 3.63) is 34.2 Å². The maximum atomic E-state index is 12.1. The van der Waals surface area contributed by atoms with Gasteiger partial charge in [-0.2, -0.15) is 0 Å². The van der Waals surface area contributed by atoms with Crippen LogP contribution in [0.1, 0.15) is 55.3 Å². The van der Waals surface area contributed by atoms with Crippen molar-refractivity contribution in [2.75, 3.05) is 0 Å². The van der Waals surface area contributed by atoms with Crippen LogP contribution in [0.3, 0.4) is 0 Å². The lowest BCUT2D eigenvalue weighted by molar-refractivity contribution is 0.0548. The highest BCUT2D eigenvalue weighted by Crippen LogP contribution is 2.51. The van der Waals surface area contributed by atoms with Gasteiger partial charge in [0.2, 0.25) is 5.56 Å². The summed E-state index contributed by atoms with van der Waals surface area (Å²) in [6.45, 7) is 0. The maximum absolute atomic E-state index is 12.1. The molecule has 2 aliphatic rings. The fourth-order valence-electron chi connectivity index (χ4n) is 3.56. The number of hydrogen-bond donors (Lipinski definition) is 2. The van der Waals surface area contributed by atoms with Crippen molar-refractivity contribution >= 4 is 5.91 Å². The van der Waals surface area contributed by atoms with Crippen molar-refractivity contribution in [1.29, 1.82) is 0 Å². The predicted molar refractivity (Wildman–Crippen MR) is 73.1 cm³/mol. The molecule has 2 aliphatic carbocycles. The molecule has 0 saturated heterocycles. The second kappa shape index (κ2) is 4.83. The molecule has 4 nitrogen and oxygen atoms in total. The highest BCUT2D eigenvalue weighted by atomic mass is 16.2. The predicted octanol–water partition coefficient (Wildman–Crippen LogP) is 2.22. The Hall–Kier alpha value is -1.58. The number of amides is 1. The van der Waals surface area contributed by atoms with Crippen LogP contribution >= 0.6 is 0 Å². The van der Waals surface area contributed by atoms with Crippen molar-refractivity contribution in [1.82, 2.24) is 10.3 Å². The first kappa shape index (κ1) is 12.5. The van der Waals surface area contributed by atoms with Gasteiger partial charge in [0.25, 0.3) is 5.91 Å². The molecule has 1 atom stereocenters. The van der Waals surface area contributed by atoms with E-state index in [0.29, 0.717) is 11.0 Å². The lowest BCUT2D eigenvalue weighted by Crippen LogP contribution is -2.45. The zero-order valence-corrected chi connectivity index (χ0v) is 11.1. The van der Waals surface area contributed by atoms with Gasteiger partial charge in [-0.05, 0) is 43.6 Å². The van der Waals surface area contributed by atoms with E-state index in [9.17, 15) is 9.59 Å². The summed E-state index contributed by atoms with van der Waals surface area (Å²) >= 11 is 0. The third-order valence-corrected chi connectivity index (χ3v) is 4.73. The fraction of sp³-hybridized carbons (Fsp3) is 0.600. The van der Waals surface area contributed by atoms with Crippen molar-refractivity contribution in [3.63, 3.8) is 0 Å². The molecule has 0 bridgehead atoms. The summed E-state index contributed by atoms with van der Waals surface area (Å²) in [5.74, 6) is -0.118. The molecule has 1 heterocycles. The number of carbonyl (C=O) groups excluding carboxylic acids is 1. The lowest BCUT2D eigenvalue weighted by atomic mass is 9.60. The van der Waals surface area contributed by atoms with Crippen LogP contribution in [0.4, 0.5) is 0 Å². The number of rotatable bonds is 2. The van der Waals surface area contributed by atoms with E-state index in [1.54, 1.807) is 6.07 Å². The minimum atomic E-state index is -0.230. The lowest BCUT2D eigenvalue weighted by Gasteiger charge is -2.47. The molecule has 0 aliphatic heterocycles. The third-order valence-electron chi connectivity index (χ3n) is 4.73. The van der Waals surface area contributed by atoms with Gasteiger partial charge in [-0.1, -0.05) is 12.8 Å². The molecule has 0 radical (unpaired) electrons. The Morgan fingerprint density at radius 2 is 2.11 bits per heavy atom. The number of carbonyl (C=O) groups is 1. The molecule has 0 aromatic carbocycles. The molecule has 102 valence electrons. The highest BCUT2D eigenvalue weighted by Gasteiger charge is 2.41. The van der Waals surface area contributed by atoms with E-state index in [4.69, 9.17) is 0 Å². The normalized spacial score (nSPS) is 24.7. The molecule has 1 aromatic rings. The molecule has 4 heteroatoms. The summed E-state index contributed by atoms with van der Waals surface area (Å²) in [6, 6.07) is 3.29. The van der Waals surface area contributed by atoms with Crippen molar-refractivity contribution in [2.45, 2.75) is 51.0 Å². The van der Waals surface area contributed by atoms with Gasteiger partial charge in [0, 0.05) is 23.9 Å². The molecule has 1 unspecified atom stereocenters. The van der Waals surface area contributed by atoms with Gasteiger partial charge in [0.05, 0.1) is 0 Å². The van der Waals surface area contributed by atoms with Crippen LogP contribution in [0, 0.1) is 5.41 Å². The van der Waals surface area contributed by atoms with Crippen molar-refractivity contribution < 1.29 is 4.79 Å². The van der Waals surface area contributed by atoms with E-state index in [0.717, 1.165) is 12.8 Å². The van der Waals surface area contributed by atoms with Crippen LogP contribution in [0.2, 0.25) is 0 Å². The Labute approximate surface area is 112 Å². The zero-order valence-electron chi connectivity index (χ0n) is 11.1. The highest BCUT2D eigenvalue weighted by molar-refractivity contribution is 5.94. The standard InChI is InChI=1S/C15H20N2O2/c18-13-9-11(4-8-16-13)14(19)17-12-3-1-5-15(10-12)6-2-7-15/h4,8-9,12H,1-3,5-7,10H2,(H,16,18)(H,17,19). The quantitative estimate of drug-likeness (QED) is 0.856. The monoisotopic (exact) mass is 260 g/mol. The van der Waals surface area contributed by atoms with Gasteiger partial charge in [0.1, 0.15) is 0 Å². The number of pyridine rings is 1. The molecule has 1 aromatic heterocycles. The average molecular weight is 260 g/mol. The Morgan fingerprint density at radius 3 is 2.79 bits per heavy atom. The minimum Gasteiger partial charge on any atom is -0.349 e. The number of aromatic amines is 1. The summed E-state index contributed by atoms with van der Waals surface area (Å²) in [5, 5.41) is 3.09. The van der Waals surface area contributed by atoms with Crippen LogP contribution < -0.4 is 10.9 Å². The van der Waals surface area contributed by atoms with E-state index in [1.165, 1.54) is 44.4 Å². The molecule has 1 spiro atoms. The number of hydrogen-bond acceptors (Lipinski definition) is 2. The van der Waals surface area contributed by atoms with E-state index in [2.05, 4.69) is 10.3 Å². The van der Waals surface area contributed by atoms with Gasteiger partial charge in [-0.3, -0.25) is 9.59 Å². The van der Waals surface area contributed by atoms with E-state index >= 15 is 0 Å². The summed E-state index contributed by atoms with van der Waals surface area (Å²) < 4.78 is 0. The van der Waals surface area contributed by atoms with Gasteiger partial charge in [0.15, 0.2) is 0 Å². The number of aromatic nitrogens is 1. The topological polar surface area (TPSA) is 62.0 Å². The molecule has 1 amide bonds. The Bertz CT molecular complexity index is 531. The zero-order chi connectivity index (χ0) is 13.3.